The Morgan fingerprint density at radius 3 is 2.56 bits per heavy atom. The summed E-state index contributed by atoms with van der Waals surface area (Å²) >= 11 is 0. The number of aromatic nitrogens is 2. The molecule has 0 aliphatic carbocycles. The molecule has 3 aromatic rings. The van der Waals surface area contributed by atoms with Crippen LogP contribution in [0.3, 0.4) is 0 Å². The maximum Gasteiger partial charge on any atom is 0.255 e. The molecule has 0 spiro atoms. The van der Waals surface area contributed by atoms with Crippen molar-refractivity contribution in [1.29, 1.82) is 0 Å². The molecule has 1 heterocycles. The van der Waals surface area contributed by atoms with Crippen molar-refractivity contribution in [2.24, 2.45) is 7.05 Å². The van der Waals surface area contributed by atoms with Gasteiger partial charge in [-0.1, -0.05) is 38.1 Å². The van der Waals surface area contributed by atoms with E-state index in [4.69, 9.17) is 4.74 Å². The van der Waals surface area contributed by atoms with Gasteiger partial charge in [0.1, 0.15) is 12.4 Å². The number of nitrogens with one attached hydrogen (secondary N) is 1. The van der Waals surface area contributed by atoms with Crippen molar-refractivity contribution in [3.63, 3.8) is 0 Å². The zero-order valence-corrected chi connectivity index (χ0v) is 16.2. The maximum atomic E-state index is 12.5. The molecule has 5 heteroatoms. The first kappa shape index (κ1) is 18.7. The van der Waals surface area contributed by atoms with Gasteiger partial charge in [-0.05, 0) is 48.2 Å². The van der Waals surface area contributed by atoms with Crippen molar-refractivity contribution in [3.05, 3.63) is 77.1 Å². The van der Waals surface area contributed by atoms with Crippen LogP contribution in [-0.4, -0.2) is 15.7 Å². The third-order valence-corrected chi connectivity index (χ3v) is 4.40. The van der Waals surface area contributed by atoms with Gasteiger partial charge in [-0.3, -0.25) is 9.48 Å². The Kier molecular flexibility index (Phi) is 5.60. The fourth-order valence-electron chi connectivity index (χ4n) is 2.83. The van der Waals surface area contributed by atoms with E-state index < -0.39 is 0 Å². The number of nitrogens with zero attached hydrogens (tertiary/aromatic N) is 2. The Labute approximate surface area is 160 Å². The fraction of sp³-hybridized carbons (Fsp3) is 0.273. The molecule has 0 fully saturated rings. The smallest absolute Gasteiger partial charge is 0.255 e. The Hall–Kier alpha value is -3.08. The van der Waals surface area contributed by atoms with E-state index in [0.717, 1.165) is 22.7 Å². The number of rotatable bonds is 6. The lowest BCUT2D eigenvalue weighted by Gasteiger charge is -2.10. The van der Waals surface area contributed by atoms with Crippen molar-refractivity contribution in [2.45, 2.75) is 33.3 Å². The highest BCUT2D eigenvalue weighted by molar-refractivity contribution is 6.04. The first-order valence-corrected chi connectivity index (χ1v) is 9.05. The van der Waals surface area contributed by atoms with Crippen LogP contribution in [0.4, 0.5) is 5.69 Å². The van der Waals surface area contributed by atoms with Gasteiger partial charge in [0.2, 0.25) is 0 Å². The van der Waals surface area contributed by atoms with E-state index in [0.29, 0.717) is 18.1 Å². The molecule has 1 amide bonds. The Morgan fingerprint density at radius 2 is 1.93 bits per heavy atom. The van der Waals surface area contributed by atoms with Crippen LogP contribution >= 0.6 is 0 Å². The number of ether oxygens (including phenoxy) is 1. The molecule has 0 saturated carbocycles. The van der Waals surface area contributed by atoms with E-state index in [-0.39, 0.29) is 5.91 Å². The molecule has 0 bridgehead atoms. The molecule has 5 nitrogen and oxygen atoms in total. The SMILES string of the molecule is Cc1nn(C)cc1NC(=O)c1cccc(COc2ccc(C(C)C)cc2)c1. The van der Waals surface area contributed by atoms with Crippen molar-refractivity contribution >= 4 is 11.6 Å². The Bertz CT molecular complexity index is 927. The van der Waals surface area contributed by atoms with Crippen molar-refractivity contribution in [3.8, 4) is 5.75 Å². The summed E-state index contributed by atoms with van der Waals surface area (Å²) in [7, 11) is 1.83. The van der Waals surface area contributed by atoms with E-state index in [9.17, 15) is 4.79 Å². The summed E-state index contributed by atoms with van der Waals surface area (Å²) in [4.78, 5) is 12.5. The van der Waals surface area contributed by atoms with Crippen LogP contribution in [0.5, 0.6) is 5.75 Å². The second-order valence-electron chi connectivity index (χ2n) is 6.97. The first-order valence-electron chi connectivity index (χ1n) is 9.05. The second kappa shape index (κ2) is 8.08. The number of carbonyl (C=O) groups excluding carboxylic acids is 1. The molecule has 2 aromatic carbocycles. The lowest BCUT2D eigenvalue weighted by molar-refractivity contribution is 0.102. The number of hydrogen-bond donors (Lipinski definition) is 1. The molecular formula is C22H25N3O2. The summed E-state index contributed by atoms with van der Waals surface area (Å²) < 4.78 is 7.54. The van der Waals surface area contributed by atoms with Crippen LogP contribution in [-0.2, 0) is 13.7 Å². The molecule has 0 aliphatic rings. The quantitative estimate of drug-likeness (QED) is 0.692. The lowest BCUT2D eigenvalue weighted by atomic mass is 10.0. The number of hydrogen-bond acceptors (Lipinski definition) is 3. The van der Waals surface area contributed by atoms with Crippen LogP contribution < -0.4 is 10.1 Å². The van der Waals surface area contributed by atoms with Gasteiger partial charge in [-0.2, -0.15) is 5.10 Å². The monoisotopic (exact) mass is 363 g/mol. The van der Waals surface area contributed by atoms with Crippen LogP contribution in [0.2, 0.25) is 0 Å². The zero-order chi connectivity index (χ0) is 19.4. The minimum atomic E-state index is -0.158. The molecule has 140 valence electrons. The van der Waals surface area contributed by atoms with Gasteiger partial charge in [-0.25, -0.2) is 0 Å². The number of aryl methyl sites for hydroxylation is 2. The zero-order valence-electron chi connectivity index (χ0n) is 16.2. The van der Waals surface area contributed by atoms with E-state index >= 15 is 0 Å². The number of amides is 1. The largest absolute Gasteiger partial charge is 0.489 e. The molecule has 0 radical (unpaired) electrons. The lowest BCUT2D eigenvalue weighted by Crippen LogP contribution is -2.12. The molecule has 3 rings (SSSR count). The summed E-state index contributed by atoms with van der Waals surface area (Å²) in [5.74, 6) is 1.16. The minimum absolute atomic E-state index is 0.158. The first-order chi connectivity index (χ1) is 12.9. The topological polar surface area (TPSA) is 56.2 Å². The van der Waals surface area contributed by atoms with E-state index in [1.807, 2.05) is 44.3 Å². The third kappa shape index (κ3) is 4.76. The van der Waals surface area contributed by atoms with E-state index in [1.165, 1.54) is 5.56 Å². The average molecular weight is 363 g/mol. The van der Waals surface area contributed by atoms with Crippen LogP contribution in [0.15, 0.2) is 54.7 Å². The molecule has 0 saturated heterocycles. The standard InChI is InChI=1S/C22H25N3O2/c1-15(2)18-8-10-20(11-9-18)27-14-17-6-5-7-19(12-17)22(26)23-21-13-25(4)24-16(21)3/h5-13,15H,14H2,1-4H3,(H,23,26). The number of anilines is 1. The molecule has 27 heavy (non-hydrogen) atoms. The summed E-state index contributed by atoms with van der Waals surface area (Å²) in [6.45, 7) is 6.61. The van der Waals surface area contributed by atoms with Crippen molar-refractivity contribution in [1.82, 2.24) is 9.78 Å². The fourth-order valence-corrected chi connectivity index (χ4v) is 2.83. The highest BCUT2D eigenvalue weighted by Crippen LogP contribution is 2.20. The summed E-state index contributed by atoms with van der Waals surface area (Å²) in [5.41, 5.74) is 4.32. The van der Waals surface area contributed by atoms with Gasteiger partial charge < -0.3 is 10.1 Å². The van der Waals surface area contributed by atoms with Gasteiger partial charge in [-0.15, -0.1) is 0 Å². The van der Waals surface area contributed by atoms with Gasteiger partial charge in [0.05, 0.1) is 11.4 Å². The second-order valence-corrected chi connectivity index (χ2v) is 6.97. The molecule has 0 atom stereocenters. The van der Waals surface area contributed by atoms with Crippen LogP contribution in [0.25, 0.3) is 0 Å². The summed E-state index contributed by atoms with van der Waals surface area (Å²) in [6, 6.07) is 15.6. The average Bonchev–Trinajstić information content (AvgIpc) is 2.97. The predicted molar refractivity (Wildman–Crippen MR) is 107 cm³/mol. The van der Waals surface area contributed by atoms with Gasteiger partial charge in [0.25, 0.3) is 5.91 Å². The molecule has 0 aliphatic heterocycles. The highest BCUT2D eigenvalue weighted by atomic mass is 16.5. The summed E-state index contributed by atoms with van der Waals surface area (Å²) in [6.07, 6.45) is 1.79. The van der Waals surface area contributed by atoms with E-state index in [2.05, 4.69) is 36.4 Å². The number of carbonyl (C=O) groups is 1. The molecule has 1 N–H and O–H groups in total. The molecule has 0 unspecified atom stereocenters. The van der Waals surface area contributed by atoms with Gasteiger partial charge >= 0.3 is 0 Å². The van der Waals surface area contributed by atoms with Crippen LogP contribution in [0.1, 0.15) is 46.9 Å². The van der Waals surface area contributed by atoms with Gasteiger partial charge in [0, 0.05) is 18.8 Å². The van der Waals surface area contributed by atoms with E-state index in [1.54, 1.807) is 16.9 Å². The third-order valence-electron chi connectivity index (χ3n) is 4.40. The maximum absolute atomic E-state index is 12.5. The predicted octanol–water partition coefficient (Wildman–Crippen LogP) is 4.68. The highest BCUT2D eigenvalue weighted by Gasteiger charge is 2.11. The van der Waals surface area contributed by atoms with Crippen molar-refractivity contribution in [2.75, 3.05) is 5.32 Å². The van der Waals surface area contributed by atoms with Gasteiger partial charge in [0.15, 0.2) is 0 Å². The van der Waals surface area contributed by atoms with Crippen molar-refractivity contribution < 1.29 is 9.53 Å². The Balaban J connectivity index is 1.64. The number of benzene rings is 2. The summed E-state index contributed by atoms with van der Waals surface area (Å²) in [5, 5.41) is 7.14. The molecular weight excluding hydrogens is 338 g/mol. The Morgan fingerprint density at radius 1 is 1.19 bits per heavy atom. The molecule has 1 aromatic heterocycles. The van der Waals surface area contributed by atoms with Crippen LogP contribution in [0, 0.1) is 6.92 Å². The minimum Gasteiger partial charge on any atom is -0.489 e. The normalized spacial score (nSPS) is 10.9.